The van der Waals surface area contributed by atoms with Crippen LogP contribution in [0.5, 0.6) is 0 Å². The first-order chi connectivity index (χ1) is 8.97. The number of furan rings is 1. The first-order valence-corrected chi connectivity index (χ1v) is 6.77. The second-order valence-electron chi connectivity index (χ2n) is 4.31. The van der Waals surface area contributed by atoms with E-state index in [2.05, 4.69) is 0 Å². The number of aryl methyl sites for hydroxylation is 2. The van der Waals surface area contributed by atoms with Crippen LogP contribution in [0.15, 0.2) is 33.6 Å². The minimum atomic E-state index is -1.04. The third-order valence-corrected chi connectivity index (χ3v) is 4.04. The molecule has 3 N–H and O–H groups in total. The highest BCUT2D eigenvalue weighted by molar-refractivity contribution is 7.98. The van der Waals surface area contributed by atoms with Gasteiger partial charge in [0, 0.05) is 21.9 Å². The van der Waals surface area contributed by atoms with E-state index < -0.39 is 5.97 Å². The van der Waals surface area contributed by atoms with E-state index in [0.29, 0.717) is 11.5 Å². The van der Waals surface area contributed by atoms with Crippen LogP contribution in [0.1, 0.15) is 27.4 Å². The highest BCUT2D eigenvalue weighted by atomic mass is 32.2. The molecule has 1 aromatic heterocycles. The normalized spacial score (nSPS) is 10.6. The predicted molar refractivity (Wildman–Crippen MR) is 75.6 cm³/mol. The number of hydrogen-bond acceptors (Lipinski definition) is 4. The van der Waals surface area contributed by atoms with E-state index in [0.717, 1.165) is 21.7 Å². The summed E-state index contributed by atoms with van der Waals surface area (Å²) in [6, 6.07) is 7.34. The van der Waals surface area contributed by atoms with Gasteiger partial charge in [-0.15, -0.1) is 11.8 Å². The predicted octanol–water partition coefficient (Wildman–Crippen LogP) is 3.47. The average molecular weight is 277 g/mol. The molecule has 0 aliphatic heterocycles. The molecule has 0 atom stereocenters. The molecular formula is C14H15NO3S. The van der Waals surface area contributed by atoms with Gasteiger partial charge in [-0.05, 0) is 43.7 Å². The Labute approximate surface area is 115 Å². The van der Waals surface area contributed by atoms with Crippen molar-refractivity contribution >= 4 is 23.4 Å². The highest BCUT2D eigenvalue weighted by Gasteiger charge is 2.13. The van der Waals surface area contributed by atoms with Crippen LogP contribution in [0.4, 0.5) is 5.69 Å². The van der Waals surface area contributed by atoms with Crippen molar-refractivity contribution in [2.24, 2.45) is 0 Å². The van der Waals surface area contributed by atoms with Crippen LogP contribution < -0.4 is 5.73 Å². The second-order valence-corrected chi connectivity index (χ2v) is 5.33. The molecule has 0 amide bonds. The summed E-state index contributed by atoms with van der Waals surface area (Å²) in [5, 5.41) is 8.87. The van der Waals surface area contributed by atoms with E-state index >= 15 is 0 Å². The van der Waals surface area contributed by atoms with Crippen LogP contribution in [0.3, 0.4) is 0 Å². The van der Waals surface area contributed by atoms with Gasteiger partial charge in [-0.25, -0.2) is 4.79 Å². The summed E-state index contributed by atoms with van der Waals surface area (Å²) in [6.07, 6.45) is 0. The van der Waals surface area contributed by atoms with Crippen LogP contribution >= 0.6 is 11.8 Å². The molecular weight excluding hydrogens is 262 g/mol. The number of carbonyl (C=O) groups is 1. The number of thioether (sulfide) groups is 1. The Balaban J connectivity index is 2.12. The van der Waals surface area contributed by atoms with Crippen LogP contribution in [0.2, 0.25) is 0 Å². The minimum Gasteiger partial charge on any atom is -0.475 e. The van der Waals surface area contributed by atoms with Crippen molar-refractivity contribution in [3.05, 3.63) is 46.9 Å². The van der Waals surface area contributed by atoms with Gasteiger partial charge in [-0.3, -0.25) is 0 Å². The van der Waals surface area contributed by atoms with Crippen molar-refractivity contribution in [3.8, 4) is 0 Å². The number of nitrogen functional groups attached to an aromatic ring is 1. The fraction of sp³-hybridized carbons (Fsp3) is 0.214. The summed E-state index contributed by atoms with van der Waals surface area (Å²) in [6.45, 7) is 3.78. The van der Waals surface area contributed by atoms with Gasteiger partial charge in [0.2, 0.25) is 5.76 Å². The largest absolute Gasteiger partial charge is 0.475 e. The maximum Gasteiger partial charge on any atom is 0.371 e. The van der Waals surface area contributed by atoms with Crippen molar-refractivity contribution in [2.75, 3.05) is 5.73 Å². The maximum atomic E-state index is 10.8. The van der Waals surface area contributed by atoms with Gasteiger partial charge in [-0.2, -0.15) is 0 Å². The lowest BCUT2D eigenvalue weighted by atomic mass is 10.2. The summed E-state index contributed by atoms with van der Waals surface area (Å²) in [5.74, 6) is 0.274. The molecule has 0 bridgehead atoms. The zero-order valence-electron chi connectivity index (χ0n) is 10.8. The zero-order valence-corrected chi connectivity index (χ0v) is 11.6. The quantitative estimate of drug-likeness (QED) is 0.661. The average Bonchev–Trinajstić information content (AvgIpc) is 2.70. The smallest absolute Gasteiger partial charge is 0.371 e. The summed E-state index contributed by atoms with van der Waals surface area (Å²) >= 11 is 1.64. The number of aromatic carboxylic acids is 1. The van der Waals surface area contributed by atoms with Gasteiger partial charge in [0.05, 0.1) is 0 Å². The molecule has 0 spiro atoms. The van der Waals surface area contributed by atoms with E-state index in [9.17, 15) is 4.79 Å². The van der Waals surface area contributed by atoms with Crippen molar-refractivity contribution in [2.45, 2.75) is 24.5 Å². The topological polar surface area (TPSA) is 76.5 Å². The maximum absolute atomic E-state index is 10.8. The summed E-state index contributed by atoms with van der Waals surface area (Å²) in [7, 11) is 0. The Morgan fingerprint density at radius 3 is 2.68 bits per heavy atom. The molecule has 0 saturated heterocycles. The standard InChI is InChI=1S/C14H15NO3S/c1-8-5-11(15)3-4-13(8)19-7-10-6-12(14(16)17)18-9(10)2/h3-6H,7,15H2,1-2H3,(H,16,17). The molecule has 0 unspecified atom stereocenters. The van der Waals surface area contributed by atoms with Gasteiger partial charge in [-0.1, -0.05) is 0 Å². The van der Waals surface area contributed by atoms with E-state index in [1.165, 1.54) is 0 Å². The van der Waals surface area contributed by atoms with Crippen molar-refractivity contribution in [1.82, 2.24) is 0 Å². The van der Waals surface area contributed by atoms with E-state index in [1.807, 2.05) is 25.1 Å². The molecule has 1 heterocycles. The molecule has 4 nitrogen and oxygen atoms in total. The lowest BCUT2D eigenvalue weighted by Crippen LogP contribution is -1.91. The number of benzene rings is 1. The summed E-state index contributed by atoms with van der Waals surface area (Å²) in [4.78, 5) is 11.9. The molecule has 0 saturated carbocycles. The Kier molecular flexibility index (Phi) is 3.85. The van der Waals surface area contributed by atoms with E-state index in [1.54, 1.807) is 24.8 Å². The monoisotopic (exact) mass is 277 g/mol. The molecule has 5 heteroatoms. The van der Waals surface area contributed by atoms with Gasteiger partial charge in [0.1, 0.15) is 5.76 Å². The Morgan fingerprint density at radius 2 is 2.11 bits per heavy atom. The first kappa shape index (κ1) is 13.5. The van der Waals surface area contributed by atoms with Crippen molar-refractivity contribution in [3.63, 3.8) is 0 Å². The van der Waals surface area contributed by atoms with Gasteiger partial charge in [0.25, 0.3) is 0 Å². The highest BCUT2D eigenvalue weighted by Crippen LogP contribution is 2.29. The fourth-order valence-electron chi connectivity index (χ4n) is 1.76. The lowest BCUT2D eigenvalue weighted by Gasteiger charge is -2.05. The molecule has 0 fully saturated rings. The Morgan fingerprint density at radius 1 is 1.37 bits per heavy atom. The third kappa shape index (κ3) is 3.12. The Bertz CT molecular complexity index is 619. The van der Waals surface area contributed by atoms with Crippen molar-refractivity contribution in [1.29, 1.82) is 0 Å². The molecule has 0 radical (unpaired) electrons. The molecule has 0 aliphatic carbocycles. The fourth-order valence-corrected chi connectivity index (χ4v) is 2.81. The third-order valence-electron chi connectivity index (χ3n) is 2.81. The van der Waals surface area contributed by atoms with E-state index in [-0.39, 0.29) is 5.76 Å². The molecule has 1 aromatic carbocycles. The number of carboxylic acids is 1. The second kappa shape index (κ2) is 5.40. The zero-order chi connectivity index (χ0) is 14.0. The van der Waals surface area contributed by atoms with Gasteiger partial charge in [0.15, 0.2) is 0 Å². The van der Waals surface area contributed by atoms with Crippen molar-refractivity contribution < 1.29 is 14.3 Å². The SMILES string of the molecule is Cc1cc(N)ccc1SCc1cc(C(=O)O)oc1C. The van der Waals surface area contributed by atoms with Crippen LogP contribution in [0, 0.1) is 13.8 Å². The number of anilines is 1. The van der Waals surface area contributed by atoms with Crippen LogP contribution in [-0.4, -0.2) is 11.1 Å². The van der Waals surface area contributed by atoms with Gasteiger partial charge >= 0.3 is 5.97 Å². The summed E-state index contributed by atoms with van der Waals surface area (Å²) < 4.78 is 5.18. The molecule has 2 rings (SSSR count). The minimum absolute atomic E-state index is 0.0119. The van der Waals surface area contributed by atoms with Gasteiger partial charge < -0.3 is 15.3 Å². The molecule has 2 aromatic rings. The Hall–Kier alpha value is -1.88. The molecule has 100 valence electrons. The first-order valence-electron chi connectivity index (χ1n) is 5.79. The van der Waals surface area contributed by atoms with Crippen LogP contribution in [-0.2, 0) is 5.75 Å². The lowest BCUT2D eigenvalue weighted by molar-refractivity contribution is 0.0661. The summed E-state index contributed by atoms with van der Waals surface area (Å²) in [5.41, 5.74) is 8.47. The number of carboxylic acid groups (broad SMARTS) is 1. The number of hydrogen-bond donors (Lipinski definition) is 2. The number of nitrogens with two attached hydrogens (primary N) is 1. The van der Waals surface area contributed by atoms with E-state index in [4.69, 9.17) is 15.3 Å². The van der Waals surface area contributed by atoms with Crippen LogP contribution in [0.25, 0.3) is 0 Å². The molecule has 19 heavy (non-hydrogen) atoms. The molecule has 0 aliphatic rings. The number of rotatable bonds is 4.